The Balaban J connectivity index is 1.02. The normalized spacial score (nSPS) is 12.7. The fourth-order valence-electron chi connectivity index (χ4n) is 10.1. The lowest BCUT2D eigenvalue weighted by molar-refractivity contribution is 0.660. The van der Waals surface area contributed by atoms with Gasteiger partial charge in [-0.1, -0.05) is 178 Å². The lowest BCUT2D eigenvalue weighted by Gasteiger charge is -2.28. The molecule has 0 N–H and O–H groups in total. The van der Waals surface area contributed by atoms with E-state index >= 15 is 0 Å². The van der Waals surface area contributed by atoms with Crippen molar-refractivity contribution < 1.29 is 0 Å². The second kappa shape index (κ2) is 14.8. The van der Waals surface area contributed by atoms with Crippen LogP contribution >= 0.6 is 11.3 Å². The quantitative estimate of drug-likeness (QED) is 0.155. The second-order valence-corrected chi connectivity index (χ2v) is 18.3. The van der Waals surface area contributed by atoms with Gasteiger partial charge in [0.15, 0.2) is 0 Å². The van der Waals surface area contributed by atoms with E-state index in [9.17, 15) is 0 Å². The molecule has 0 radical (unpaired) electrons. The first-order valence-corrected chi connectivity index (χ1v) is 22.6. The van der Waals surface area contributed by atoms with Crippen LogP contribution in [-0.2, 0) is 5.41 Å². The summed E-state index contributed by atoms with van der Waals surface area (Å²) in [6.45, 7) is 4.73. The monoisotopic (exact) mass is 821 g/mol. The molecular weight excluding hydrogens is 779 g/mol. The number of hydrogen-bond acceptors (Lipinski definition) is 2. The van der Waals surface area contributed by atoms with E-state index in [-0.39, 0.29) is 5.41 Å². The molecule has 0 spiro atoms. The Morgan fingerprint density at radius 3 is 1.59 bits per heavy atom. The lowest BCUT2D eigenvalue weighted by atomic mass is 9.82. The highest BCUT2D eigenvalue weighted by atomic mass is 32.1. The summed E-state index contributed by atoms with van der Waals surface area (Å²) >= 11 is 1.90. The molecule has 1 aliphatic rings. The van der Waals surface area contributed by atoms with Crippen LogP contribution in [-0.4, -0.2) is 0 Å². The molecule has 10 aromatic carbocycles. The third-order valence-electron chi connectivity index (χ3n) is 13.2. The number of thiophene rings is 1. The molecule has 0 bridgehead atoms. The minimum atomic E-state index is -0.108. The van der Waals surface area contributed by atoms with Crippen LogP contribution in [0.1, 0.15) is 25.0 Å². The topological polar surface area (TPSA) is 3.24 Å². The summed E-state index contributed by atoms with van der Waals surface area (Å²) in [4.78, 5) is 2.48. The van der Waals surface area contributed by atoms with Crippen molar-refractivity contribution >= 4 is 59.3 Å². The highest BCUT2D eigenvalue weighted by Gasteiger charge is 2.36. The summed E-state index contributed by atoms with van der Waals surface area (Å²) in [5.41, 5.74) is 18.5. The van der Waals surface area contributed by atoms with Gasteiger partial charge in [0.05, 0.1) is 5.69 Å². The van der Waals surface area contributed by atoms with Crippen LogP contribution in [0, 0.1) is 0 Å². The van der Waals surface area contributed by atoms with Crippen LogP contribution in [0.5, 0.6) is 0 Å². The van der Waals surface area contributed by atoms with Crippen molar-refractivity contribution in [2.24, 2.45) is 0 Å². The first-order chi connectivity index (χ1) is 31.0. The van der Waals surface area contributed by atoms with Gasteiger partial charge < -0.3 is 4.90 Å². The molecule has 0 unspecified atom stereocenters. The molecular formula is C61H43NS. The van der Waals surface area contributed by atoms with Crippen molar-refractivity contribution in [2.75, 3.05) is 4.90 Å². The van der Waals surface area contributed by atoms with Crippen LogP contribution in [0.15, 0.2) is 224 Å². The van der Waals surface area contributed by atoms with Crippen LogP contribution in [0.3, 0.4) is 0 Å². The molecule has 0 atom stereocenters. The van der Waals surface area contributed by atoms with Gasteiger partial charge in [0.2, 0.25) is 0 Å². The van der Waals surface area contributed by atoms with Crippen molar-refractivity contribution in [3.8, 4) is 55.6 Å². The smallest absolute Gasteiger partial charge is 0.0554 e. The first kappa shape index (κ1) is 37.3. The fourth-order valence-corrected chi connectivity index (χ4v) is 11.4. The molecule has 1 aromatic heterocycles. The van der Waals surface area contributed by atoms with Gasteiger partial charge in [-0.05, 0) is 133 Å². The van der Waals surface area contributed by atoms with E-state index in [2.05, 4.69) is 243 Å². The Hall–Kier alpha value is -7.52. The molecule has 0 amide bonds. The highest BCUT2D eigenvalue weighted by Crippen LogP contribution is 2.52. The van der Waals surface area contributed by atoms with Gasteiger partial charge in [0.1, 0.15) is 0 Å². The van der Waals surface area contributed by atoms with E-state index < -0.39 is 0 Å². The molecule has 2 heteroatoms. The van der Waals surface area contributed by atoms with Gasteiger partial charge in [0.25, 0.3) is 0 Å². The standard InChI is InChI=1S/C61H43NS/c1-61(2)55-26-15-14-24-50(55)51-34-33-48(38-56(51)61)62(47-21-10-5-11-22-47)57-27-16-28-58-59(57)54-39-53(49-23-12-13-25-52(49)60(54)63-58)43-31-29-42(30-32-43)46-36-44(40-17-6-3-7-18-40)35-45(37-46)41-19-8-4-9-20-41/h3-39H,1-2H3. The summed E-state index contributed by atoms with van der Waals surface area (Å²) in [5, 5.41) is 5.11. The van der Waals surface area contributed by atoms with Crippen LogP contribution in [0.2, 0.25) is 0 Å². The average Bonchev–Trinajstić information content (AvgIpc) is 3.84. The minimum Gasteiger partial charge on any atom is -0.310 e. The lowest BCUT2D eigenvalue weighted by Crippen LogP contribution is -2.16. The van der Waals surface area contributed by atoms with E-state index in [1.165, 1.54) is 103 Å². The van der Waals surface area contributed by atoms with E-state index in [0.29, 0.717) is 0 Å². The van der Waals surface area contributed by atoms with E-state index in [0.717, 1.165) is 11.4 Å². The van der Waals surface area contributed by atoms with E-state index in [1.54, 1.807) is 0 Å². The first-order valence-electron chi connectivity index (χ1n) is 21.8. The summed E-state index contributed by atoms with van der Waals surface area (Å²) in [7, 11) is 0. The second-order valence-electron chi connectivity index (χ2n) is 17.3. The van der Waals surface area contributed by atoms with Gasteiger partial charge in [-0.25, -0.2) is 0 Å². The summed E-state index contributed by atoms with van der Waals surface area (Å²) in [6.07, 6.45) is 0. The molecule has 1 aliphatic carbocycles. The molecule has 11 aromatic rings. The molecule has 12 rings (SSSR count). The summed E-state index contributed by atoms with van der Waals surface area (Å²) < 4.78 is 2.60. The van der Waals surface area contributed by atoms with E-state index in [1.807, 2.05) is 11.3 Å². The Morgan fingerprint density at radius 1 is 0.349 bits per heavy atom. The van der Waals surface area contributed by atoms with Gasteiger partial charge in [-0.2, -0.15) is 0 Å². The van der Waals surface area contributed by atoms with Gasteiger partial charge in [-0.15, -0.1) is 11.3 Å². The predicted molar refractivity (Wildman–Crippen MR) is 271 cm³/mol. The predicted octanol–water partition coefficient (Wildman–Crippen LogP) is 17.7. The molecule has 0 saturated carbocycles. The average molecular weight is 822 g/mol. The zero-order valence-corrected chi connectivity index (χ0v) is 36.0. The number of nitrogens with zero attached hydrogens (tertiary/aromatic N) is 1. The number of hydrogen-bond donors (Lipinski definition) is 0. The maximum absolute atomic E-state index is 2.48. The number of benzene rings is 10. The molecule has 0 saturated heterocycles. The van der Waals surface area contributed by atoms with Crippen LogP contribution < -0.4 is 4.90 Å². The maximum atomic E-state index is 2.48. The highest BCUT2D eigenvalue weighted by molar-refractivity contribution is 7.26. The number of fused-ring (bicyclic) bond motifs is 8. The van der Waals surface area contributed by atoms with Gasteiger partial charge in [0, 0.05) is 42.3 Å². The van der Waals surface area contributed by atoms with E-state index in [4.69, 9.17) is 0 Å². The number of para-hydroxylation sites is 1. The molecule has 298 valence electrons. The Kier molecular flexibility index (Phi) is 8.77. The Labute approximate surface area is 372 Å². The van der Waals surface area contributed by atoms with Gasteiger partial charge >= 0.3 is 0 Å². The van der Waals surface area contributed by atoms with Gasteiger partial charge in [-0.3, -0.25) is 0 Å². The van der Waals surface area contributed by atoms with Crippen molar-refractivity contribution in [3.63, 3.8) is 0 Å². The molecule has 0 aliphatic heterocycles. The fraction of sp³-hybridized carbons (Fsp3) is 0.0492. The minimum absolute atomic E-state index is 0.108. The molecule has 0 fully saturated rings. The number of anilines is 3. The largest absolute Gasteiger partial charge is 0.310 e. The van der Waals surface area contributed by atoms with Crippen molar-refractivity contribution in [2.45, 2.75) is 19.3 Å². The third kappa shape index (κ3) is 6.21. The Morgan fingerprint density at radius 2 is 0.905 bits per heavy atom. The SMILES string of the molecule is CC1(C)c2ccccc2-c2ccc(N(c3ccccc3)c3cccc4sc5c6ccccc6c(-c6ccc(-c7cc(-c8ccccc8)cc(-c8ccccc8)c7)cc6)cc5c34)cc21. The zero-order valence-electron chi connectivity index (χ0n) is 35.2. The van der Waals surface area contributed by atoms with Crippen molar-refractivity contribution in [3.05, 3.63) is 236 Å². The maximum Gasteiger partial charge on any atom is 0.0554 e. The van der Waals surface area contributed by atoms with Crippen molar-refractivity contribution in [1.82, 2.24) is 0 Å². The Bertz CT molecular complexity index is 3450. The molecule has 1 nitrogen and oxygen atoms in total. The molecule has 1 heterocycles. The van der Waals surface area contributed by atoms with Crippen LogP contribution in [0.4, 0.5) is 17.1 Å². The summed E-state index contributed by atoms with van der Waals surface area (Å²) in [5.74, 6) is 0. The summed E-state index contributed by atoms with van der Waals surface area (Å²) in [6, 6.07) is 82.8. The third-order valence-corrected chi connectivity index (χ3v) is 14.4. The van der Waals surface area contributed by atoms with Crippen LogP contribution in [0.25, 0.3) is 86.6 Å². The number of rotatable bonds is 7. The zero-order chi connectivity index (χ0) is 42.1. The molecule has 63 heavy (non-hydrogen) atoms. The van der Waals surface area contributed by atoms with Crippen molar-refractivity contribution in [1.29, 1.82) is 0 Å².